The Morgan fingerprint density at radius 3 is 2.75 bits per heavy atom. The molecule has 0 bridgehead atoms. The van der Waals surface area contributed by atoms with Crippen molar-refractivity contribution < 1.29 is 22.7 Å². The summed E-state index contributed by atoms with van der Waals surface area (Å²) in [5.41, 5.74) is 0.298. The van der Waals surface area contributed by atoms with Crippen molar-refractivity contribution in [2.24, 2.45) is 11.1 Å². The lowest BCUT2D eigenvalue weighted by Gasteiger charge is -2.20. The Balaban J connectivity index is 2.29. The number of amides is 1. The number of hydrogen-bond acceptors (Lipinski definition) is 4. The molecule has 1 aliphatic rings. The fourth-order valence-electron chi connectivity index (χ4n) is 2.43. The number of para-hydroxylation sites is 1. The van der Waals surface area contributed by atoms with Crippen LogP contribution in [0.25, 0.3) is 0 Å². The molecule has 6 nitrogen and oxygen atoms in total. The SMILES string of the molecule is NS(=O)(=O)CC1CC(=O)N(c2c(F)cccc2CO)C1. The van der Waals surface area contributed by atoms with Crippen molar-refractivity contribution in [2.45, 2.75) is 13.0 Å². The van der Waals surface area contributed by atoms with Gasteiger partial charge in [-0.05, 0) is 6.07 Å². The first-order valence-electron chi connectivity index (χ1n) is 6.01. The van der Waals surface area contributed by atoms with Gasteiger partial charge < -0.3 is 10.0 Å². The first-order chi connectivity index (χ1) is 9.31. The largest absolute Gasteiger partial charge is 0.392 e. The van der Waals surface area contributed by atoms with Gasteiger partial charge in [0, 0.05) is 24.4 Å². The van der Waals surface area contributed by atoms with Crippen LogP contribution in [-0.2, 0) is 21.4 Å². The van der Waals surface area contributed by atoms with E-state index in [2.05, 4.69) is 0 Å². The molecule has 1 unspecified atom stereocenters. The number of carbonyl (C=O) groups excluding carboxylic acids is 1. The minimum atomic E-state index is -3.68. The summed E-state index contributed by atoms with van der Waals surface area (Å²) in [4.78, 5) is 13.1. The molecule has 0 spiro atoms. The standard InChI is InChI=1S/C12H15FN2O4S/c13-10-3-1-2-9(6-16)12(10)15-5-8(4-11(15)17)7-20(14,18)19/h1-3,8,16H,4-7H2,(H2,14,18,19). The molecule has 20 heavy (non-hydrogen) atoms. The fraction of sp³-hybridized carbons (Fsp3) is 0.417. The van der Waals surface area contributed by atoms with E-state index < -0.39 is 28.4 Å². The van der Waals surface area contributed by atoms with E-state index in [1.807, 2.05) is 0 Å². The van der Waals surface area contributed by atoms with Crippen LogP contribution in [0.2, 0.25) is 0 Å². The summed E-state index contributed by atoms with van der Waals surface area (Å²) in [7, 11) is -3.68. The smallest absolute Gasteiger partial charge is 0.227 e. The van der Waals surface area contributed by atoms with Crippen molar-refractivity contribution in [2.75, 3.05) is 17.2 Å². The predicted octanol–water partition coefficient (Wildman–Crippen LogP) is -0.0406. The number of primary sulfonamides is 1. The van der Waals surface area contributed by atoms with Crippen molar-refractivity contribution in [3.63, 3.8) is 0 Å². The summed E-state index contributed by atoms with van der Waals surface area (Å²) in [5, 5.41) is 14.2. The van der Waals surface area contributed by atoms with E-state index in [1.54, 1.807) is 0 Å². The monoisotopic (exact) mass is 302 g/mol. The molecule has 1 fully saturated rings. The zero-order valence-corrected chi connectivity index (χ0v) is 11.4. The van der Waals surface area contributed by atoms with Gasteiger partial charge in [0.15, 0.2) is 0 Å². The first-order valence-corrected chi connectivity index (χ1v) is 7.72. The van der Waals surface area contributed by atoms with Crippen LogP contribution < -0.4 is 10.0 Å². The first kappa shape index (κ1) is 14.9. The Morgan fingerprint density at radius 1 is 1.45 bits per heavy atom. The maximum absolute atomic E-state index is 13.9. The van der Waals surface area contributed by atoms with Gasteiger partial charge >= 0.3 is 0 Å². The lowest BCUT2D eigenvalue weighted by Crippen LogP contribution is -2.29. The van der Waals surface area contributed by atoms with Crippen LogP contribution in [0.3, 0.4) is 0 Å². The molecule has 1 aliphatic heterocycles. The van der Waals surface area contributed by atoms with E-state index >= 15 is 0 Å². The quantitative estimate of drug-likeness (QED) is 0.815. The van der Waals surface area contributed by atoms with Crippen LogP contribution in [0.4, 0.5) is 10.1 Å². The highest BCUT2D eigenvalue weighted by atomic mass is 32.2. The van der Waals surface area contributed by atoms with Crippen molar-refractivity contribution in [1.82, 2.24) is 0 Å². The lowest BCUT2D eigenvalue weighted by molar-refractivity contribution is -0.117. The second-order valence-corrected chi connectivity index (χ2v) is 6.47. The summed E-state index contributed by atoms with van der Waals surface area (Å²) < 4.78 is 36.0. The minimum absolute atomic E-state index is 0.00433. The molecule has 1 heterocycles. The third kappa shape index (κ3) is 3.14. The maximum Gasteiger partial charge on any atom is 0.227 e. The normalized spacial score (nSPS) is 19.6. The van der Waals surface area contributed by atoms with Gasteiger partial charge in [0.25, 0.3) is 0 Å². The van der Waals surface area contributed by atoms with Crippen LogP contribution >= 0.6 is 0 Å². The molecule has 1 saturated heterocycles. The maximum atomic E-state index is 13.9. The number of nitrogens with two attached hydrogens (primary N) is 1. The summed E-state index contributed by atoms with van der Waals surface area (Å²) >= 11 is 0. The zero-order chi connectivity index (χ0) is 14.9. The third-order valence-corrected chi connectivity index (χ3v) is 4.12. The van der Waals surface area contributed by atoms with Gasteiger partial charge in [0.2, 0.25) is 15.9 Å². The second kappa shape index (κ2) is 5.47. The highest BCUT2D eigenvalue weighted by Crippen LogP contribution is 2.31. The van der Waals surface area contributed by atoms with E-state index in [0.717, 1.165) is 0 Å². The van der Waals surface area contributed by atoms with Crippen LogP contribution in [0.1, 0.15) is 12.0 Å². The zero-order valence-electron chi connectivity index (χ0n) is 10.6. The number of rotatable bonds is 4. The summed E-state index contributed by atoms with van der Waals surface area (Å²) in [5.74, 6) is -1.79. The molecular formula is C12H15FN2O4S. The Morgan fingerprint density at radius 2 is 2.15 bits per heavy atom. The van der Waals surface area contributed by atoms with E-state index in [9.17, 15) is 22.7 Å². The van der Waals surface area contributed by atoms with Crippen molar-refractivity contribution in [3.8, 4) is 0 Å². The van der Waals surface area contributed by atoms with E-state index in [4.69, 9.17) is 5.14 Å². The fourth-order valence-corrected chi connectivity index (χ4v) is 3.31. The van der Waals surface area contributed by atoms with Crippen molar-refractivity contribution in [1.29, 1.82) is 0 Å². The number of anilines is 1. The molecule has 1 aromatic rings. The van der Waals surface area contributed by atoms with Crippen molar-refractivity contribution in [3.05, 3.63) is 29.6 Å². The molecule has 0 aliphatic carbocycles. The van der Waals surface area contributed by atoms with E-state index in [-0.39, 0.29) is 35.9 Å². The number of nitrogens with zero attached hydrogens (tertiary/aromatic N) is 1. The van der Waals surface area contributed by atoms with E-state index in [0.29, 0.717) is 0 Å². The van der Waals surface area contributed by atoms with Gasteiger partial charge in [-0.25, -0.2) is 17.9 Å². The summed E-state index contributed by atoms with van der Waals surface area (Å²) in [6, 6.07) is 4.14. The predicted molar refractivity (Wildman–Crippen MR) is 70.8 cm³/mol. The highest BCUT2D eigenvalue weighted by molar-refractivity contribution is 7.89. The molecule has 110 valence electrons. The van der Waals surface area contributed by atoms with Gasteiger partial charge in [0.05, 0.1) is 18.0 Å². The molecule has 1 atom stereocenters. The molecule has 0 aromatic heterocycles. The van der Waals surface area contributed by atoms with E-state index in [1.165, 1.54) is 23.1 Å². The Kier molecular flexibility index (Phi) is 4.07. The topological polar surface area (TPSA) is 101 Å². The average molecular weight is 302 g/mol. The van der Waals surface area contributed by atoms with Gasteiger partial charge in [0.1, 0.15) is 5.82 Å². The second-order valence-electron chi connectivity index (χ2n) is 4.81. The molecule has 1 amide bonds. The van der Waals surface area contributed by atoms with Crippen LogP contribution in [-0.4, -0.2) is 31.7 Å². The lowest BCUT2D eigenvalue weighted by atomic mass is 10.1. The number of halogens is 1. The molecule has 0 radical (unpaired) electrons. The van der Waals surface area contributed by atoms with Crippen LogP contribution in [0, 0.1) is 11.7 Å². The van der Waals surface area contributed by atoms with Gasteiger partial charge in [-0.15, -0.1) is 0 Å². The molecule has 8 heteroatoms. The Labute approximate surface area is 116 Å². The van der Waals surface area contributed by atoms with Crippen molar-refractivity contribution >= 4 is 21.6 Å². The number of sulfonamides is 1. The van der Waals surface area contributed by atoms with Crippen LogP contribution in [0.5, 0.6) is 0 Å². The summed E-state index contributed by atoms with van der Waals surface area (Å²) in [6.07, 6.45) is -0.00433. The molecule has 2 rings (SSSR count). The molecule has 3 N–H and O–H groups in total. The van der Waals surface area contributed by atoms with Gasteiger partial charge in [-0.1, -0.05) is 12.1 Å². The number of aliphatic hydroxyl groups is 1. The minimum Gasteiger partial charge on any atom is -0.392 e. The average Bonchev–Trinajstić information content (AvgIpc) is 2.67. The third-order valence-electron chi connectivity index (χ3n) is 3.18. The van der Waals surface area contributed by atoms with Gasteiger partial charge in [-0.3, -0.25) is 4.79 Å². The van der Waals surface area contributed by atoms with Gasteiger partial charge in [-0.2, -0.15) is 0 Å². The number of aliphatic hydroxyl groups excluding tert-OH is 1. The summed E-state index contributed by atoms with van der Waals surface area (Å²) in [6.45, 7) is -0.333. The number of carbonyl (C=O) groups is 1. The number of hydrogen-bond donors (Lipinski definition) is 2. The molecule has 1 aromatic carbocycles. The Hall–Kier alpha value is -1.51. The van der Waals surface area contributed by atoms with Crippen LogP contribution in [0.15, 0.2) is 18.2 Å². The number of benzene rings is 1. The molecular weight excluding hydrogens is 287 g/mol. The Bertz CT molecular complexity index is 632. The molecule has 0 saturated carbocycles. The highest BCUT2D eigenvalue weighted by Gasteiger charge is 2.34.